The van der Waals surface area contributed by atoms with Gasteiger partial charge >= 0.3 is 10.5 Å². The Hall–Kier alpha value is 0.0569. The zero-order valence-electron chi connectivity index (χ0n) is 7.80. The molecule has 0 radical (unpaired) electrons. The van der Waals surface area contributed by atoms with Crippen LogP contribution in [0.15, 0.2) is 0 Å². The van der Waals surface area contributed by atoms with Crippen LogP contribution >= 0.6 is 23.2 Å². The van der Waals surface area contributed by atoms with E-state index in [4.69, 9.17) is 11.6 Å². The van der Waals surface area contributed by atoms with E-state index in [1.807, 2.05) is 0 Å². The van der Waals surface area contributed by atoms with Crippen molar-refractivity contribution >= 4 is 37.3 Å². The molecule has 1 unspecified atom stereocenters. The fourth-order valence-corrected chi connectivity index (χ4v) is 1.61. The molecule has 0 bridgehead atoms. The second kappa shape index (κ2) is 3.90. The minimum atomic E-state index is -4.43. The Morgan fingerprint density at radius 1 is 1.21 bits per heavy atom. The van der Waals surface area contributed by atoms with Crippen LogP contribution in [0, 0.1) is 0 Å². The Morgan fingerprint density at radius 3 is 1.79 bits per heavy atom. The predicted molar refractivity (Wildman–Crippen MR) is 52.0 cm³/mol. The van der Waals surface area contributed by atoms with Crippen LogP contribution in [0.3, 0.4) is 0 Å². The second-order valence-electron chi connectivity index (χ2n) is 3.78. The molecule has 8 heteroatoms. The largest absolute Gasteiger partial charge is 0.378 e. The number of rotatable bonds is 3. The quantitative estimate of drug-likeness (QED) is 0.618. The molecule has 0 aliphatic carbocycles. The van der Waals surface area contributed by atoms with Crippen LogP contribution in [0.5, 0.6) is 0 Å². The highest BCUT2D eigenvalue weighted by Gasteiger charge is 2.59. The fourth-order valence-electron chi connectivity index (χ4n) is 0.548. The van der Waals surface area contributed by atoms with Gasteiger partial charge in [0, 0.05) is 0 Å². The van der Waals surface area contributed by atoms with E-state index in [-0.39, 0.29) is 0 Å². The third kappa shape index (κ3) is 3.66. The van der Waals surface area contributed by atoms with Gasteiger partial charge in [-0.1, -0.05) is 31.2 Å². The van der Waals surface area contributed by atoms with Crippen molar-refractivity contribution in [2.24, 2.45) is 0 Å². The molecule has 0 fully saturated rings. The summed E-state index contributed by atoms with van der Waals surface area (Å²) in [7, 11) is -2.22. The van der Waals surface area contributed by atoms with Crippen molar-refractivity contribution < 1.29 is 18.0 Å². The lowest BCUT2D eigenvalue weighted by Gasteiger charge is -2.26. The fraction of sp³-hybridized carbons (Fsp3) is 0.833. The van der Waals surface area contributed by atoms with E-state index < -0.39 is 24.7 Å². The SMILES string of the molecule is C[Si](C)(C)NC(=O)C(F)(Cl)C(F)(F)Cl. The normalized spacial score (nSPS) is 17.4. The highest BCUT2D eigenvalue weighted by atomic mass is 35.5. The van der Waals surface area contributed by atoms with Gasteiger partial charge in [-0.15, -0.1) is 0 Å². The summed E-state index contributed by atoms with van der Waals surface area (Å²) in [4.78, 5) is 13.1. The lowest BCUT2D eigenvalue weighted by molar-refractivity contribution is -0.136. The number of amides is 1. The molecule has 0 aliphatic rings. The maximum Gasteiger partial charge on any atom is 0.378 e. The summed E-state index contributed by atoms with van der Waals surface area (Å²) in [5.41, 5.74) is 0. The maximum atomic E-state index is 13.0. The lowest BCUT2D eigenvalue weighted by Crippen LogP contribution is -2.56. The molecule has 0 saturated heterocycles. The third-order valence-corrected chi connectivity index (χ3v) is 2.87. The first kappa shape index (κ1) is 14.1. The Balaban J connectivity index is 4.70. The standard InChI is InChI=1S/C6H10Cl2F3NOSi/c1-14(2,3)12-4(13)5(7,9)6(8,10)11/h1-3H3,(H,12,13). The molecular formula is C6H10Cl2F3NOSi. The predicted octanol–water partition coefficient (Wildman–Crippen LogP) is 2.67. The van der Waals surface area contributed by atoms with Crippen LogP contribution in [0.25, 0.3) is 0 Å². The molecule has 14 heavy (non-hydrogen) atoms. The zero-order valence-corrected chi connectivity index (χ0v) is 10.3. The van der Waals surface area contributed by atoms with Crippen LogP contribution in [0.1, 0.15) is 0 Å². The molecule has 0 aromatic rings. The van der Waals surface area contributed by atoms with Gasteiger partial charge < -0.3 is 4.98 Å². The number of halogens is 5. The van der Waals surface area contributed by atoms with E-state index >= 15 is 0 Å². The molecule has 1 N–H and O–H groups in total. The number of alkyl halides is 5. The number of hydrogen-bond donors (Lipinski definition) is 1. The Labute approximate surface area is 90.8 Å². The van der Waals surface area contributed by atoms with Crippen LogP contribution < -0.4 is 4.98 Å². The van der Waals surface area contributed by atoms with Crippen LogP contribution in [-0.2, 0) is 4.79 Å². The average molecular weight is 268 g/mol. The Bertz CT molecular complexity index is 236. The van der Waals surface area contributed by atoms with E-state index in [2.05, 4.69) is 16.6 Å². The number of carbonyl (C=O) groups excluding carboxylic acids is 1. The molecule has 0 aliphatic heterocycles. The van der Waals surface area contributed by atoms with Gasteiger partial charge in [-0.2, -0.15) is 8.78 Å². The van der Waals surface area contributed by atoms with E-state index in [1.165, 1.54) is 0 Å². The number of carbonyl (C=O) groups is 1. The molecule has 0 spiro atoms. The maximum absolute atomic E-state index is 13.0. The van der Waals surface area contributed by atoms with E-state index in [1.54, 1.807) is 19.6 Å². The van der Waals surface area contributed by atoms with E-state index in [0.29, 0.717) is 0 Å². The van der Waals surface area contributed by atoms with E-state index in [0.717, 1.165) is 0 Å². The zero-order chi connectivity index (χ0) is 11.8. The monoisotopic (exact) mass is 267 g/mol. The first-order valence-electron chi connectivity index (χ1n) is 3.65. The van der Waals surface area contributed by atoms with Crippen molar-refractivity contribution in [3.05, 3.63) is 0 Å². The Kier molecular flexibility index (Phi) is 3.92. The smallest absolute Gasteiger partial charge is 0.378 e. The summed E-state index contributed by atoms with van der Waals surface area (Å²) in [5.74, 6) is -1.60. The molecule has 0 aromatic heterocycles. The van der Waals surface area contributed by atoms with Gasteiger partial charge in [0.15, 0.2) is 0 Å². The highest BCUT2D eigenvalue weighted by molar-refractivity contribution is 6.76. The van der Waals surface area contributed by atoms with Gasteiger partial charge in [0.2, 0.25) is 0 Å². The third-order valence-electron chi connectivity index (χ3n) is 1.13. The highest BCUT2D eigenvalue weighted by Crippen LogP contribution is 2.39. The van der Waals surface area contributed by atoms with Crippen LogP contribution in [0.4, 0.5) is 13.2 Å². The number of nitrogens with one attached hydrogen (secondary N) is 1. The molecule has 0 saturated carbocycles. The van der Waals surface area contributed by atoms with Crippen molar-refractivity contribution in [1.82, 2.24) is 4.98 Å². The topological polar surface area (TPSA) is 29.1 Å². The van der Waals surface area contributed by atoms with Crippen LogP contribution in [0.2, 0.25) is 19.6 Å². The molecule has 1 atom stereocenters. The molecule has 84 valence electrons. The minimum Gasteiger partial charge on any atom is -0.378 e. The van der Waals surface area contributed by atoms with E-state index in [9.17, 15) is 18.0 Å². The van der Waals surface area contributed by atoms with Crippen molar-refractivity contribution in [3.63, 3.8) is 0 Å². The Morgan fingerprint density at radius 2 is 1.57 bits per heavy atom. The molecule has 0 rings (SSSR count). The minimum absolute atomic E-state index is 1.60. The number of hydrogen-bond acceptors (Lipinski definition) is 1. The van der Waals surface area contributed by atoms with Gasteiger partial charge in [-0.05, 0) is 11.6 Å². The summed E-state index contributed by atoms with van der Waals surface area (Å²) < 4.78 is 37.7. The lowest BCUT2D eigenvalue weighted by atomic mass is 10.4. The van der Waals surface area contributed by atoms with Gasteiger partial charge in [0.05, 0.1) is 0 Å². The summed E-state index contributed by atoms with van der Waals surface area (Å²) in [6.07, 6.45) is 0. The van der Waals surface area contributed by atoms with Gasteiger partial charge in [0.25, 0.3) is 5.91 Å². The summed E-state index contributed by atoms with van der Waals surface area (Å²) in [5, 5.41) is -8.34. The van der Waals surface area contributed by atoms with Crippen LogP contribution in [-0.4, -0.2) is 24.7 Å². The average Bonchev–Trinajstić information content (AvgIpc) is 1.80. The van der Waals surface area contributed by atoms with Crippen molar-refractivity contribution in [3.8, 4) is 0 Å². The molecule has 0 aromatic carbocycles. The molecule has 0 heterocycles. The molecule has 1 amide bonds. The second-order valence-corrected chi connectivity index (χ2v) is 9.52. The summed E-state index contributed by atoms with van der Waals surface area (Å²) >= 11 is 9.09. The first-order chi connectivity index (χ1) is 5.88. The molecule has 2 nitrogen and oxygen atoms in total. The first-order valence-corrected chi connectivity index (χ1v) is 7.90. The molecular weight excluding hydrogens is 258 g/mol. The summed E-state index contributed by atoms with van der Waals surface area (Å²) in [6.45, 7) is 4.89. The van der Waals surface area contributed by atoms with Gasteiger partial charge in [-0.25, -0.2) is 4.39 Å². The van der Waals surface area contributed by atoms with Crippen molar-refractivity contribution in [1.29, 1.82) is 0 Å². The van der Waals surface area contributed by atoms with Crippen molar-refractivity contribution in [2.75, 3.05) is 0 Å². The van der Waals surface area contributed by atoms with Gasteiger partial charge in [-0.3, -0.25) is 4.79 Å². The van der Waals surface area contributed by atoms with Crippen molar-refractivity contribution in [2.45, 2.75) is 30.2 Å². The van der Waals surface area contributed by atoms with Gasteiger partial charge in [0.1, 0.15) is 8.24 Å². The summed E-state index contributed by atoms with van der Waals surface area (Å²) in [6, 6.07) is 0.